The average Bonchev–Trinajstić information content (AvgIpc) is 2.26. The lowest BCUT2D eigenvalue weighted by atomic mass is 9.89. The molecule has 0 spiro atoms. The van der Waals surface area contributed by atoms with Crippen molar-refractivity contribution >= 4 is 10.0 Å². The van der Waals surface area contributed by atoms with Gasteiger partial charge in [-0.2, -0.15) is 4.31 Å². The SMILES string of the molecule is CCCC1(N)CN(S(=O)(=O)c2cccc(F)c2)C1. The van der Waals surface area contributed by atoms with E-state index in [4.69, 9.17) is 5.73 Å². The molecule has 0 aromatic heterocycles. The maximum atomic E-state index is 13.0. The van der Waals surface area contributed by atoms with Crippen molar-refractivity contribution < 1.29 is 12.8 Å². The Hall–Kier alpha value is -0.980. The number of nitrogens with zero attached hydrogens (tertiary/aromatic N) is 1. The highest BCUT2D eigenvalue weighted by Gasteiger charge is 2.45. The summed E-state index contributed by atoms with van der Waals surface area (Å²) in [6.07, 6.45) is 1.71. The van der Waals surface area contributed by atoms with Crippen molar-refractivity contribution in [2.75, 3.05) is 13.1 Å². The molecule has 18 heavy (non-hydrogen) atoms. The number of nitrogens with two attached hydrogens (primary N) is 1. The second kappa shape index (κ2) is 4.60. The van der Waals surface area contributed by atoms with Crippen LogP contribution in [-0.2, 0) is 10.0 Å². The summed E-state index contributed by atoms with van der Waals surface area (Å²) in [5.41, 5.74) is 5.61. The van der Waals surface area contributed by atoms with Gasteiger partial charge in [0.25, 0.3) is 0 Å². The maximum Gasteiger partial charge on any atom is 0.243 e. The van der Waals surface area contributed by atoms with Crippen molar-refractivity contribution in [3.63, 3.8) is 0 Å². The molecule has 6 heteroatoms. The largest absolute Gasteiger partial charge is 0.323 e. The Bertz CT molecular complexity index is 539. The predicted octanol–water partition coefficient (Wildman–Crippen LogP) is 1.33. The van der Waals surface area contributed by atoms with Gasteiger partial charge < -0.3 is 5.73 Å². The van der Waals surface area contributed by atoms with Gasteiger partial charge in [0.05, 0.1) is 4.90 Å². The molecule has 2 rings (SSSR count). The fourth-order valence-electron chi connectivity index (χ4n) is 2.26. The fourth-order valence-corrected chi connectivity index (χ4v) is 3.92. The Kier molecular flexibility index (Phi) is 3.44. The van der Waals surface area contributed by atoms with Gasteiger partial charge in [-0.1, -0.05) is 19.4 Å². The summed E-state index contributed by atoms with van der Waals surface area (Å²) in [6.45, 7) is 2.62. The minimum Gasteiger partial charge on any atom is -0.323 e. The Morgan fingerprint density at radius 3 is 2.67 bits per heavy atom. The first-order valence-corrected chi connectivity index (χ1v) is 7.36. The van der Waals surface area contributed by atoms with E-state index in [0.29, 0.717) is 13.1 Å². The van der Waals surface area contributed by atoms with Crippen LogP contribution in [0.2, 0.25) is 0 Å². The molecule has 1 fully saturated rings. The monoisotopic (exact) mass is 272 g/mol. The van der Waals surface area contributed by atoms with E-state index in [2.05, 4.69) is 0 Å². The van der Waals surface area contributed by atoms with Crippen LogP contribution >= 0.6 is 0 Å². The van der Waals surface area contributed by atoms with Gasteiger partial charge in [-0.05, 0) is 24.6 Å². The smallest absolute Gasteiger partial charge is 0.243 e. The van der Waals surface area contributed by atoms with Gasteiger partial charge in [0.1, 0.15) is 5.82 Å². The van der Waals surface area contributed by atoms with Crippen LogP contribution < -0.4 is 5.73 Å². The average molecular weight is 272 g/mol. The molecule has 1 heterocycles. The molecular weight excluding hydrogens is 255 g/mol. The van der Waals surface area contributed by atoms with Crippen LogP contribution in [0.5, 0.6) is 0 Å². The predicted molar refractivity (Wildman–Crippen MR) is 67.0 cm³/mol. The van der Waals surface area contributed by atoms with Crippen molar-refractivity contribution in [1.29, 1.82) is 0 Å². The van der Waals surface area contributed by atoms with E-state index in [1.165, 1.54) is 22.5 Å². The van der Waals surface area contributed by atoms with E-state index in [9.17, 15) is 12.8 Å². The lowest BCUT2D eigenvalue weighted by Gasteiger charge is -2.46. The minimum absolute atomic E-state index is 0.0129. The van der Waals surface area contributed by atoms with Crippen LogP contribution in [0.1, 0.15) is 19.8 Å². The van der Waals surface area contributed by atoms with Gasteiger partial charge in [-0.3, -0.25) is 0 Å². The zero-order valence-electron chi connectivity index (χ0n) is 10.3. The Morgan fingerprint density at radius 2 is 2.11 bits per heavy atom. The summed E-state index contributed by atoms with van der Waals surface area (Å²) in [6, 6.07) is 5.05. The standard InChI is InChI=1S/C12H17FN2O2S/c1-2-6-12(14)8-15(9-12)18(16,17)11-5-3-4-10(13)7-11/h3-5,7H,2,6,8-9,14H2,1H3. The molecule has 0 unspecified atom stereocenters. The lowest BCUT2D eigenvalue weighted by Crippen LogP contribution is -2.68. The first kappa shape index (κ1) is 13.5. The van der Waals surface area contributed by atoms with Crippen molar-refractivity contribution in [3.05, 3.63) is 30.1 Å². The van der Waals surface area contributed by atoms with Crippen LogP contribution in [0.3, 0.4) is 0 Å². The molecule has 0 bridgehead atoms. The van der Waals surface area contributed by atoms with Crippen molar-refractivity contribution in [3.8, 4) is 0 Å². The Labute approximate surface area is 107 Å². The highest BCUT2D eigenvalue weighted by atomic mass is 32.2. The summed E-state index contributed by atoms with van der Waals surface area (Å²) >= 11 is 0. The lowest BCUT2D eigenvalue weighted by molar-refractivity contribution is 0.147. The summed E-state index contributed by atoms with van der Waals surface area (Å²) < 4.78 is 38.7. The molecule has 0 radical (unpaired) electrons. The third-order valence-corrected chi connectivity index (χ3v) is 4.95. The third kappa shape index (κ3) is 2.41. The Balaban J connectivity index is 2.15. The molecule has 2 N–H and O–H groups in total. The summed E-state index contributed by atoms with van der Waals surface area (Å²) in [7, 11) is -3.60. The first-order valence-electron chi connectivity index (χ1n) is 5.92. The number of hydrogen-bond acceptors (Lipinski definition) is 3. The zero-order chi connectivity index (χ0) is 13.4. The number of benzene rings is 1. The van der Waals surface area contributed by atoms with Crippen LogP contribution in [-0.4, -0.2) is 31.4 Å². The highest BCUT2D eigenvalue weighted by Crippen LogP contribution is 2.29. The molecule has 0 saturated carbocycles. The van der Waals surface area contributed by atoms with E-state index in [-0.39, 0.29) is 4.90 Å². The van der Waals surface area contributed by atoms with Crippen molar-refractivity contribution in [2.45, 2.75) is 30.2 Å². The quantitative estimate of drug-likeness (QED) is 0.899. The van der Waals surface area contributed by atoms with Crippen molar-refractivity contribution in [2.24, 2.45) is 5.73 Å². The highest BCUT2D eigenvalue weighted by molar-refractivity contribution is 7.89. The summed E-state index contributed by atoms with van der Waals surface area (Å²) in [4.78, 5) is -0.0129. The molecule has 1 aliphatic rings. The van der Waals surface area contributed by atoms with E-state index in [0.717, 1.165) is 18.9 Å². The van der Waals surface area contributed by atoms with E-state index < -0.39 is 21.4 Å². The van der Waals surface area contributed by atoms with Gasteiger partial charge in [-0.25, -0.2) is 12.8 Å². The molecule has 0 amide bonds. The second-order valence-electron chi connectivity index (χ2n) is 4.84. The zero-order valence-corrected chi connectivity index (χ0v) is 11.1. The minimum atomic E-state index is -3.60. The fraction of sp³-hybridized carbons (Fsp3) is 0.500. The van der Waals surface area contributed by atoms with E-state index in [1.54, 1.807) is 0 Å². The third-order valence-electron chi connectivity index (χ3n) is 3.16. The number of halogens is 1. The van der Waals surface area contributed by atoms with Gasteiger partial charge in [0.15, 0.2) is 0 Å². The molecule has 1 aromatic rings. The normalized spacial score (nSPS) is 19.5. The van der Waals surface area contributed by atoms with Gasteiger partial charge >= 0.3 is 0 Å². The molecule has 0 aliphatic carbocycles. The molecule has 1 aromatic carbocycles. The molecule has 0 atom stereocenters. The van der Waals surface area contributed by atoms with Gasteiger partial charge in [-0.15, -0.1) is 0 Å². The molecule has 100 valence electrons. The first-order chi connectivity index (χ1) is 8.37. The molecule has 1 aliphatic heterocycles. The van der Waals surface area contributed by atoms with Crippen LogP contribution in [0.25, 0.3) is 0 Å². The van der Waals surface area contributed by atoms with Crippen LogP contribution in [0.15, 0.2) is 29.2 Å². The Morgan fingerprint density at radius 1 is 1.44 bits per heavy atom. The number of hydrogen-bond donors (Lipinski definition) is 1. The van der Waals surface area contributed by atoms with Crippen LogP contribution in [0, 0.1) is 5.82 Å². The molecular formula is C12H17FN2O2S. The van der Waals surface area contributed by atoms with E-state index >= 15 is 0 Å². The van der Waals surface area contributed by atoms with Crippen LogP contribution in [0.4, 0.5) is 4.39 Å². The van der Waals surface area contributed by atoms with E-state index in [1.807, 2.05) is 6.92 Å². The van der Waals surface area contributed by atoms with Gasteiger partial charge in [0.2, 0.25) is 10.0 Å². The number of sulfonamides is 1. The maximum absolute atomic E-state index is 13.0. The van der Waals surface area contributed by atoms with Crippen molar-refractivity contribution in [1.82, 2.24) is 4.31 Å². The van der Waals surface area contributed by atoms with Gasteiger partial charge in [0, 0.05) is 18.6 Å². The molecule has 1 saturated heterocycles. The topological polar surface area (TPSA) is 63.4 Å². The number of rotatable bonds is 4. The molecule has 4 nitrogen and oxygen atoms in total. The second-order valence-corrected chi connectivity index (χ2v) is 6.78. The summed E-state index contributed by atoms with van der Waals surface area (Å²) in [5, 5.41) is 0. The summed E-state index contributed by atoms with van der Waals surface area (Å²) in [5.74, 6) is -0.552.